The molecule has 1 saturated carbocycles. The standard InChI is InChI=1S/C30H47ClN3O8P/c1-5-41-43(39,42-6-2)28(37)25(17-22-18-30(34-26(22)35)13-8-7-9-14-30)32-27(36)24(15-20(3)4)33-29(38)40-19-21-11-10-12-23(31)16-21/h10-12,16,20,22,24-25,28,37H,5-9,13-15,17-19H2,1-4H3,(H,32,36)(H,33,38)(H,34,35)/t22?,24-,25?,28?/m0/s1. The lowest BCUT2D eigenvalue weighted by Crippen LogP contribution is -2.53. The summed E-state index contributed by atoms with van der Waals surface area (Å²) in [6.07, 6.45) is 4.97. The van der Waals surface area contributed by atoms with Gasteiger partial charge in [0.15, 0.2) is 5.85 Å². The van der Waals surface area contributed by atoms with E-state index in [1.165, 1.54) is 0 Å². The van der Waals surface area contributed by atoms with Gasteiger partial charge in [0.05, 0.1) is 19.3 Å². The summed E-state index contributed by atoms with van der Waals surface area (Å²) in [6, 6.07) is 4.70. The number of alkyl carbamates (subject to hydrolysis) is 1. The first-order chi connectivity index (χ1) is 20.4. The predicted octanol–water partition coefficient (Wildman–Crippen LogP) is 5.28. The SMILES string of the molecule is CCOP(=O)(OCC)C(O)C(CC1CC2(CCCCC2)NC1=O)NC(=O)[C@H](CC(C)C)NC(=O)OCc1cccc(Cl)c1. The van der Waals surface area contributed by atoms with E-state index in [-0.39, 0.29) is 50.0 Å². The third-order valence-electron chi connectivity index (χ3n) is 7.95. The van der Waals surface area contributed by atoms with Crippen LogP contribution in [0.15, 0.2) is 24.3 Å². The van der Waals surface area contributed by atoms with Crippen LogP contribution in [0.5, 0.6) is 0 Å². The highest BCUT2D eigenvalue weighted by Gasteiger charge is 2.48. The first-order valence-electron chi connectivity index (χ1n) is 15.3. The summed E-state index contributed by atoms with van der Waals surface area (Å²) in [5, 5.41) is 20.5. The number of aliphatic hydroxyl groups excluding tert-OH is 1. The summed E-state index contributed by atoms with van der Waals surface area (Å²) in [6.45, 7) is 7.03. The topological polar surface area (TPSA) is 152 Å². The molecule has 3 rings (SSSR count). The van der Waals surface area contributed by atoms with Crippen molar-refractivity contribution in [3.63, 3.8) is 0 Å². The molecule has 2 aliphatic rings. The zero-order chi connectivity index (χ0) is 31.6. The Labute approximate surface area is 259 Å². The van der Waals surface area contributed by atoms with Crippen LogP contribution >= 0.6 is 19.2 Å². The number of carbonyl (C=O) groups is 3. The molecule has 1 saturated heterocycles. The number of amides is 3. The fourth-order valence-corrected chi connectivity index (χ4v) is 7.95. The summed E-state index contributed by atoms with van der Waals surface area (Å²) in [5.74, 6) is -3.01. The fourth-order valence-electron chi connectivity index (χ4n) is 6.00. The highest BCUT2D eigenvalue weighted by molar-refractivity contribution is 7.54. The van der Waals surface area contributed by atoms with E-state index in [9.17, 15) is 24.1 Å². The molecule has 3 unspecified atom stereocenters. The Morgan fingerprint density at radius 3 is 2.42 bits per heavy atom. The molecule has 1 aliphatic carbocycles. The van der Waals surface area contributed by atoms with Crippen LogP contribution in [0.3, 0.4) is 0 Å². The number of rotatable bonds is 15. The van der Waals surface area contributed by atoms with Crippen molar-refractivity contribution >= 4 is 37.1 Å². The summed E-state index contributed by atoms with van der Waals surface area (Å²) < 4.78 is 29.7. The van der Waals surface area contributed by atoms with Gasteiger partial charge in [0, 0.05) is 16.5 Å². The van der Waals surface area contributed by atoms with E-state index in [0.29, 0.717) is 17.0 Å². The summed E-state index contributed by atoms with van der Waals surface area (Å²) in [7, 11) is -4.09. The Kier molecular flexibility index (Phi) is 13.3. The van der Waals surface area contributed by atoms with Gasteiger partial charge in [0.25, 0.3) is 0 Å². The summed E-state index contributed by atoms with van der Waals surface area (Å²) in [5.41, 5.74) is 0.390. The summed E-state index contributed by atoms with van der Waals surface area (Å²) >= 11 is 6.01. The molecule has 43 heavy (non-hydrogen) atoms. The highest BCUT2D eigenvalue weighted by atomic mass is 35.5. The Hall–Kier alpha value is -2.17. The third-order valence-corrected chi connectivity index (χ3v) is 10.4. The minimum Gasteiger partial charge on any atom is -0.445 e. The smallest absolute Gasteiger partial charge is 0.408 e. The molecule has 3 amide bonds. The minimum absolute atomic E-state index is 0.0112. The lowest BCUT2D eigenvalue weighted by atomic mass is 9.78. The third kappa shape index (κ3) is 10.2. The second kappa shape index (κ2) is 16.2. The number of benzene rings is 1. The number of halogens is 1. The van der Waals surface area contributed by atoms with E-state index >= 15 is 0 Å². The average molecular weight is 644 g/mol. The van der Waals surface area contributed by atoms with Gasteiger partial charge in [-0.3, -0.25) is 14.2 Å². The van der Waals surface area contributed by atoms with E-state index < -0.39 is 43.4 Å². The largest absolute Gasteiger partial charge is 0.445 e. The van der Waals surface area contributed by atoms with Crippen LogP contribution in [0.2, 0.25) is 5.02 Å². The first-order valence-corrected chi connectivity index (χ1v) is 17.3. The second-order valence-electron chi connectivity index (χ2n) is 11.9. The van der Waals surface area contributed by atoms with Gasteiger partial charge in [-0.25, -0.2) is 4.79 Å². The monoisotopic (exact) mass is 643 g/mol. The Balaban J connectivity index is 1.78. The van der Waals surface area contributed by atoms with Gasteiger partial charge in [-0.1, -0.05) is 56.8 Å². The van der Waals surface area contributed by atoms with Crippen molar-refractivity contribution in [2.75, 3.05) is 13.2 Å². The maximum atomic E-state index is 13.7. The van der Waals surface area contributed by atoms with Gasteiger partial charge >= 0.3 is 13.7 Å². The molecular formula is C30H47ClN3O8P. The van der Waals surface area contributed by atoms with Crippen molar-refractivity contribution in [2.24, 2.45) is 11.8 Å². The van der Waals surface area contributed by atoms with Crippen LogP contribution in [-0.4, -0.2) is 59.7 Å². The normalized spacial score (nSPS) is 20.3. The number of hydrogen-bond acceptors (Lipinski definition) is 8. The van der Waals surface area contributed by atoms with Crippen molar-refractivity contribution < 1.29 is 37.8 Å². The molecule has 1 aliphatic heterocycles. The predicted molar refractivity (Wildman–Crippen MR) is 163 cm³/mol. The number of aliphatic hydroxyl groups is 1. The van der Waals surface area contributed by atoms with Gasteiger partial charge in [-0.2, -0.15) is 0 Å². The van der Waals surface area contributed by atoms with Crippen molar-refractivity contribution in [3.8, 4) is 0 Å². The molecular weight excluding hydrogens is 597 g/mol. The quantitative estimate of drug-likeness (QED) is 0.188. The fraction of sp³-hybridized carbons (Fsp3) is 0.700. The van der Waals surface area contributed by atoms with Gasteiger partial charge in [-0.15, -0.1) is 0 Å². The van der Waals surface area contributed by atoms with E-state index in [1.54, 1.807) is 38.1 Å². The van der Waals surface area contributed by atoms with E-state index in [2.05, 4.69) is 16.0 Å². The zero-order valence-corrected chi connectivity index (χ0v) is 27.3. The first kappa shape index (κ1) is 35.3. The lowest BCUT2D eigenvalue weighted by Gasteiger charge is -2.34. The molecule has 0 aromatic heterocycles. The van der Waals surface area contributed by atoms with Crippen molar-refractivity contribution in [2.45, 2.75) is 109 Å². The molecule has 242 valence electrons. The highest BCUT2D eigenvalue weighted by Crippen LogP contribution is 2.54. The molecule has 2 fully saturated rings. The van der Waals surface area contributed by atoms with Crippen LogP contribution in [-0.2, 0) is 34.5 Å². The van der Waals surface area contributed by atoms with Crippen molar-refractivity contribution in [1.82, 2.24) is 16.0 Å². The second-order valence-corrected chi connectivity index (χ2v) is 14.5. The number of carbonyl (C=O) groups excluding carboxylic acids is 3. The van der Waals surface area contributed by atoms with Crippen LogP contribution < -0.4 is 16.0 Å². The van der Waals surface area contributed by atoms with Gasteiger partial charge < -0.3 is 34.8 Å². The van der Waals surface area contributed by atoms with Crippen molar-refractivity contribution in [3.05, 3.63) is 34.9 Å². The summed E-state index contributed by atoms with van der Waals surface area (Å²) in [4.78, 5) is 39.5. The van der Waals surface area contributed by atoms with E-state index in [4.69, 9.17) is 25.4 Å². The van der Waals surface area contributed by atoms with Gasteiger partial charge in [-0.05, 0) is 69.6 Å². The van der Waals surface area contributed by atoms with Gasteiger partial charge in [0.1, 0.15) is 12.6 Å². The molecule has 0 bridgehead atoms. The molecule has 1 aromatic rings. The molecule has 1 aromatic carbocycles. The van der Waals surface area contributed by atoms with Crippen molar-refractivity contribution in [1.29, 1.82) is 0 Å². The molecule has 1 spiro atoms. The molecule has 0 radical (unpaired) electrons. The maximum absolute atomic E-state index is 13.7. The number of ether oxygens (including phenoxy) is 1. The molecule has 11 nitrogen and oxygen atoms in total. The Bertz CT molecular complexity index is 1140. The molecule has 13 heteroatoms. The lowest BCUT2D eigenvalue weighted by molar-refractivity contribution is -0.126. The molecule has 4 atom stereocenters. The van der Waals surface area contributed by atoms with Crippen LogP contribution in [0, 0.1) is 11.8 Å². The van der Waals surface area contributed by atoms with E-state index in [0.717, 1.165) is 32.1 Å². The van der Waals surface area contributed by atoms with Gasteiger partial charge in [0.2, 0.25) is 11.8 Å². The van der Waals surface area contributed by atoms with Crippen LogP contribution in [0.1, 0.15) is 84.6 Å². The minimum atomic E-state index is -4.09. The number of nitrogens with one attached hydrogen (secondary N) is 3. The maximum Gasteiger partial charge on any atom is 0.408 e. The number of hydrogen-bond donors (Lipinski definition) is 4. The molecule has 1 heterocycles. The van der Waals surface area contributed by atoms with Crippen LogP contribution in [0.25, 0.3) is 0 Å². The Morgan fingerprint density at radius 1 is 1.14 bits per heavy atom. The average Bonchev–Trinajstić information content (AvgIpc) is 3.24. The molecule has 4 N–H and O–H groups in total. The Morgan fingerprint density at radius 2 is 1.81 bits per heavy atom. The van der Waals surface area contributed by atoms with Crippen LogP contribution in [0.4, 0.5) is 4.79 Å². The zero-order valence-electron chi connectivity index (χ0n) is 25.6. The van der Waals surface area contributed by atoms with E-state index in [1.807, 2.05) is 13.8 Å².